The van der Waals surface area contributed by atoms with Crippen LogP contribution in [0.1, 0.15) is 24.1 Å². The van der Waals surface area contributed by atoms with Crippen molar-refractivity contribution in [2.24, 2.45) is 5.92 Å². The summed E-state index contributed by atoms with van der Waals surface area (Å²) >= 11 is 0.886. The molecule has 194 valence electrons. The second-order valence-electron chi connectivity index (χ2n) is 9.27. The molecule has 0 unspecified atom stereocenters. The number of aromatic nitrogens is 3. The van der Waals surface area contributed by atoms with Crippen molar-refractivity contribution in [1.82, 2.24) is 25.6 Å². The van der Waals surface area contributed by atoms with Crippen molar-refractivity contribution in [2.45, 2.75) is 19.4 Å². The molecular weight excluding hydrogens is 504 g/mol. The number of carbonyl (C=O) groups is 2. The molecule has 11 heteroatoms. The third kappa shape index (κ3) is 5.34. The Morgan fingerprint density at radius 2 is 1.95 bits per heavy atom. The van der Waals surface area contributed by atoms with Gasteiger partial charge in [0.2, 0.25) is 12.7 Å². The molecule has 6 rings (SSSR count). The maximum absolute atomic E-state index is 11.8. The summed E-state index contributed by atoms with van der Waals surface area (Å²) in [6.45, 7) is 3.61. The maximum atomic E-state index is 11.8. The predicted octanol–water partition coefficient (Wildman–Crippen LogP) is 3.60. The fourth-order valence-corrected chi connectivity index (χ4v) is 5.45. The molecular formula is C27H26N6O4S. The van der Waals surface area contributed by atoms with E-state index in [2.05, 4.69) is 36.6 Å². The third-order valence-electron chi connectivity index (χ3n) is 6.77. The molecule has 5 heterocycles. The van der Waals surface area contributed by atoms with E-state index in [-0.39, 0.29) is 17.9 Å². The van der Waals surface area contributed by atoms with Crippen LogP contribution in [0, 0.1) is 5.92 Å². The van der Waals surface area contributed by atoms with Gasteiger partial charge in [0.15, 0.2) is 11.5 Å². The number of pyridine rings is 1. The molecule has 2 fully saturated rings. The van der Waals surface area contributed by atoms with Gasteiger partial charge in [0, 0.05) is 37.6 Å². The molecule has 3 aromatic rings. The highest BCUT2D eigenvalue weighted by atomic mass is 32.2. The minimum absolute atomic E-state index is 0.254. The van der Waals surface area contributed by atoms with Gasteiger partial charge in [0.25, 0.3) is 11.1 Å². The van der Waals surface area contributed by atoms with Crippen molar-refractivity contribution in [3.63, 3.8) is 0 Å². The SMILES string of the molecule is O=C1NC(=O)C(=Cc2ccnc(N3CCC(CNCc4cccnc4-c4ccc5c(c4)OCO5)CC3)n2)S1. The summed E-state index contributed by atoms with van der Waals surface area (Å²) in [5.74, 6) is 2.32. The van der Waals surface area contributed by atoms with Crippen LogP contribution in [0.25, 0.3) is 17.3 Å². The highest BCUT2D eigenvalue weighted by molar-refractivity contribution is 8.18. The topological polar surface area (TPSA) is 119 Å². The Labute approximate surface area is 223 Å². The van der Waals surface area contributed by atoms with E-state index in [0.29, 0.717) is 22.5 Å². The molecule has 2 amide bonds. The summed E-state index contributed by atoms with van der Waals surface area (Å²) in [6, 6.07) is 11.7. The third-order valence-corrected chi connectivity index (χ3v) is 7.58. The molecule has 1 aromatic carbocycles. The number of hydrogen-bond donors (Lipinski definition) is 2. The lowest BCUT2D eigenvalue weighted by atomic mass is 9.96. The Kier molecular flexibility index (Phi) is 6.93. The number of piperidine rings is 1. The maximum Gasteiger partial charge on any atom is 0.290 e. The molecule has 2 aromatic heterocycles. The van der Waals surface area contributed by atoms with E-state index < -0.39 is 0 Å². The Bertz CT molecular complexity index is 1410. The van der Waals surface area contributed by atoms with Crippen molar-refractivity contribution in [1.29, 1.82) is 0 Å². The number of rotatable bonds is 7. The molecule has 0 spiro atoms. The van der Waals surface area contributed by atoms with Crippen molar-refractivity contribution in [2.75, 3.05) is 31.3 Å². The van der Waals surface area contributed by atoms with E-state index in [1.54, 1.807) is 18.3 Å². The van der Waals surface area contributed by atoms with Gasteiger partial charge in [-0.3, -0.25) is 19.9 Å². The summed E-state index contributed by atoms with van der Waals surface area (Å²) in [7, 11) is 0. The minimum atomic E-state index is -0.386. The van der Waals surface area contributed by atoms with Gasteiger partial charge < -0.3 is 19.7 Å². The molecule has 2 N–H and O–H groups in total. The zero-order valence-corrected chi connectivity index (χ0v) is 21.4. The van der Waals surface area contributed by atoms with Crippen LogP contribution >= 0.6 is 11.8 Å². The Hall–Kier alpha value is -3.96. The van der Waals surface area contributed by atoms with E-state index in [9.17, 15) is 9.59 Å². The summed E-state index contributed by atoms with van der Waals surface area (Å²) in [5, 5.41) is 5.52. The first-order valence-electron chi connectivity index (χ1n) is 12.5. The van der Waals surface area contributed by atoms with Gasteiger partial charge in [-0.05, 0) is 79.0 Å². The van der Waals surface area contributed by atoms with Gasteiger partial charge in [0.05, 0.1) is 16.3 Å². The van der Waals surface area contributed by atoms with Gasteiger partial charge >= 0.3 is 0 Å². The highest BCUT2D eigenvalue weighted by Gasteiger charge is 2.26. The normalized spacial score (nSPS) is 18.3. The summed E-state index contributed by atoms with van der Waals surface area (Å²) in [6.07, 6.45) is 7.18. The predicted molar refractivity (Wildman–Crippen MR) is 144 cm³/mol. The van der Waals surface area contributed by atoms with Crippen LogP contribution in [0.5, 0.6) is 11.5 Å². The largest absolute Gasteiger partial charge is 0.454 e. The molecule has 0 atom stereocenters. The smallest absolute Gasteiger partial charge is 0.290 e. The van der Waals surface area contributed by atoms with Crippen molar-refractivity contribution in [3.05, 3.63) is 65.0 Å². The molecule has 0 radical (unpaired) electrons. The van der Waals surface area contributed by atoms with Crippen LogP contribution in [0.4, 0.5) is 10.7 Å². The van der Waals surface area contributed by atoms with Crippen molar-refractivity contribution >= 4 is 34.9 Å². The average Bonchev–Trinajstić information content (AvgIpc) is 3.54. The minimum Gasteiger partial charge on any atom is -0.454 e. The number of benzene rings is 1. The van der Waals surface area contributed by atoms with Crippen LogP contribution < -0.4 is 25.0 Å². The number of thioether (sulfide) groups is 1. The first-order valence-corrected chi connectivity index (χ1v) is 13.3. The van der Waals surface area contributed by atoms with Gasteiger partial charge in [-0.2, -0.15) is 0 Å². The van der Waals surface area contributed by atoms with Crippen LogP contribution in [0.2, 0.25) is 0 Å². The number of fused-ring (bicyclic) bond motifs is 1. The van der Waals surface area contributed by atoms with Crippen LogP contribution in [0.3, 0.4) is 0 Å². The fraction of sp³-hybridized carbons (Fsp3) is 0.296. The van der Waals surface area contributed by atoms with E-state index in [0.717, 1.165) is 79.1 Å². The summed E-state index contributed by atoms with van der Waals surface area (Å²) < 4.78 is 11.0. The lowest BCUT2D eigenvalue weighted by molar-refractivity contribution is -0.115. The number of carbonyl (C=O) groups excluding carboxylic acids is 2. The Morgan fingerprint density at radius 1 is 1.08 bits per heavy atom. The standard InChI is InChI=1S/C27H26N6O4S/c34-25-23(38-27(35)32-25)13-20-5-9-30-26(31-20)33-10-6-17(7-11-33)14-28-15-19-2-1-8-29-24(19)18-3-4-21-22(12-18)37-16-36-21/h1-5,8-9,12-13,17,28H,6-7,10-11,14-16H2,(H,32,34,35). The van der Waals surface area contributed by atoms with Gasteiger partial charge in [-0.25, -0.2) is 9.97 Å². The molecule has 0 saturated carbocycles. The summed E-state index contributed by atoms with van der Waals surface area (Å²) in [5.41, 5.74) is 3.70. The molecule has 0 aliphatic carbocycles. The number of amides is 2. The van der Waals surface area contributed by atoms with Gasteiger partial charge in [0.1, 0.15) is 0 Å². The lowest BCUT2D eigenvalue weighted by Crippen LogP contribution is -2.38. The number of nitrogens with one attached hydrogen (secondary N) is 2. The zero-order valence-electron chi connectivity index (χ0n) is 20.6. The number of ether oxygens (including phenoxy) is 2. The van der Waals surface area contributed by atoms with Crippen LogP contribution in [-0.2, 0) is 11.3 Å². The number of hydrogen-bond acceptors (Lipinski definition) is 10. The van der Waals surface area contributed by atoms with E-state index in [1.807, 2.05) is 30.5 Å². The second-order valence-corrected chi connectivity index (χ2v) is 10.3. The Morgan fingerprint density at radius 3 is 2.79 bits per heavy atom. The molecule has 10 nitrogen and oxygen atoms in total. The van der Waals surface area contributed by atoms with Crippen LogP contribution in [-0.4, -0.2) is 52.5 Å². The lowest BCUT2D eigenvalue weighted by Gasteiger charge is -2.32. The quantitative estimate of drug-likeness (QED) is 0.439. The molecule has 0 bridgehead atoms. The molecule has 3 aliphatic rings. The molecule has 3 aliphatic heterocycles. The number of nitrogens with zero attached hydrogens (tertiary/aromatic N) is 4. The highest BCUT2D eigenvalue weighted by Crippen LogP contribution is 2.36. The van der Waals surface area contributed by atoms with Crippen LogP contribution in [0.15, 0.2) is 53.7 Å². The monoisotopic (exact) mass is 530 g/mol. The fourth-order valence-electron chi connectivity index (χ4n) is 4.78. The van der Waals surface area contributed by atoms with E-state index in [1.165, 1.54) is 0 Å². The number of imide groups is 1. The summed E-state index contributed by atoms with van der Waals surface area (Å²) in [4.78, 5) is 39.4. The van der Waals surface area contributed by atoms with Gasteiger partial charge in [-0.15, -0.1) is 0 Å². The van der Waals surface area contributed by atoms with Gasteiger partial charge in [-0.1, -0.05) is 6.07 Å². The van der Waals surface area contributed by atoms with Crippen molar-refractivity contribution < 1.29 is 19.1 Å². The average molecular weight is 531 g/mol. The Balaban J connectivity index is 1.03. The number of anilines is 1. The molecule has 2 saturated heterocycles. The van der Waals surface area contributed by atoms with Crippen molar-refractivity contribution in [3.8, 4) is 22.8 Å². The molecule has 38 heavy (non-hydrogen) atoms. The van der Waals surface area contributed by atoms with E-state index in [4.69, 9.17) is 9.47 Å². The van der Waals surface area contributed by atoms with E-state index >= 15 is 0 Å². The first-order chi connectivity index (χ1) is 18.6. The zero-order chi connectivity index (χ0) is 25.9. The second kappa shape index (κ2) is 10.8. The first kappa shape index (κ1) is 24.4.